The second-order valence-electron chi connectivity index (χ2n) is 7.88. The Morgan fingerprint density at radius 3 is 2.00 bits per heavy atom. The van der Waals surface area contributed by atoms with Crippen LogP contribution in [0.15, 0.2) is 0 Å². The van der Waals surface area contributed by atoms with Crippen molar-refractivity contribution < 1.29 is 42.9 Å². The van der Waals surface area contributed by atoms with Crippen LogP contribution < -0.4 is 16.0 Å². The molecule has 0 radical (unpaired) electrons. The number of hydrogen-bond donors (Lipinski definition) is 3. The first-order chi connectivity index (χ1) is 14.7. The minimum absolute atomic E-state index is 0.204. The van der Waals surface area contributed by atoms with E-state index in [0.29, 0.717) is 9.47 Å². The molecule has 32 heavy (non-hydrogen) atoms. The Labute approximate surface area is 217 Å². The van der Waals surface area contributed by atoms with Crippen LogP contribution in [0.3, 0.4) is 0 Å². The molecule has 3 N–H and O–H groups in total. The van der Waals surface area contributed by atoms with Gasteiger partial charge in [0.2, 0.25) is 17.7 Å². The first-order valence-electron chi connectivity index (χ1n) is 9.42. The van der Waals surface area contributed by atoms with Crippen molar-refractivity contribution >= 4 is 69.6 Å². The summed E-state index contributed by atoms with van der Waals surface area (Å²) in [4.78, 5) is 62.0. The molecule has 2 atom stereocenters. The fourth-order valence-electron chi connectivity index (χ4n) is 2.58. The molecule has 183 valence electrons. The van der Waals surface area contributed by atoms with Crippen LogP contribution in [0.5, 0.6) is 0 Å². The number of methoxy groups -OCH3 is 2. The van der Waals surface area contributed by atoms with Gasteiger partial charge in [-0.1, -0.05) is 0 Å². The molecule has 1 aliphatic heterocycles. The van der Waals surface area contributed by atoms with Gasteiger partial charge in [0.15, 0.2) is 0 Å². The predicted molar refractivity (Wildman–Crippen MR) is 129 cm³/mol. The van der Waals surface area contributed by atoms with Crippen molar-refractivity contribution in [1.29, 1.82) is 0 Å². The molecule has 0 aromatic rings. The maximum absolute atomic E-state index is 12.7. The van der Waals surface area contributed by atoms with Crippen molar-refractivity contribution in [2.24, 2.45) is 0 Å². The molecule has 11 nitrogen and oxygen atoms in total. The van der Waals surface area contributed by atoms with Crippen molar-refractivity contribution in [3.63, 3.8) is 0 Å². The third kappa shape index (κ3) is 9.69. The molecule has 14 heteroatoms. The Hall–Kier alpha value is -0.646. The molecule has 1 aliphatic rings. The molecule has 0 spiro atoms. The zero-order valence-electron chi connectivity index (χ0n) is 19.1. The number of nitrogens with one attached hydrogen (secondary N) is 3. The number of esters is 2. The zero-order chi connectivity index (χ0) is 25.3. The molecule has 1 heterocycles. The van der Waals surface area contributed by atoms with Gasteiger partial charge in [0.1, 0.15) is 17.1 Å². The fraction of sp³-hybridized carbons (Fsp3) is 0.722. The first-order valence-corrected chi connectivity index (χ1v) is 18.4. The van der Waals surface area contributed by atoms with Crippen molar-refractivity contribution in [3.8, 4) is 0 Å². The molecule has 1 rings (SSSR count). The molecule has 0 aliphatic carbocycles. The molecule has 0 bridgehead atoms. The van der Waals surface area contributed by atoms with Crippen LogP contribution in [0.4, 0.5) is 0 Å². The number of ether oxygens (including phenoxy) is 2. The van der Waals surface area contributed by atoms with E-state index in [4.69, 9.17) is 0 Å². The summed E-state index contributed by atoms with van der Waals surface area (Å²) < 4.78 is 9.16. The first kappa shape index (κ1) is 31.4. The summed E-state index contributed by atoms with van der Waals surface area (Å²) in [6.07, 6.45) is -0.204. The van der Waals surface area contributed by atoms with Crippen LogP contribution in [0.1, 0.15) is 34.1 Å². The van der Waals surface area contributed by atoms with Gasteiger partial charge in [-0.15, -0.1) is 0 Å². The van der Waals surface area contributed by atoms with Gasteiger partial charge in [-0.25, -0.2) is 4.79 Å². The number of nitrogens with zero attached hydrogens (tertiary/aromatic N) is 1. The second-order valence-corrected chi connectivity index (χ2v) is 19.7. The SMILES string of the molecule is CNC(CC(=O)OC)C(=O)NC(C)(C)C(=O)NC(C)(C)C(=O)N1CC1C(=O)OC.[I][V][I]. The van der Waals surface area contributed by atoms with Gasteiger partial charge in [0.25, 0.3) is 0 Å². The molecule has 0 aromatic heterocycles. The van der Waals surface area contributed by atoms with E-state index in [2.05, 4.69) is 65.4 Å². The summed E-state index contributed by atoms with van der Waals surface area (Å²) in [5, 5.41) is 7.85. The summed E-state index contributed by atoms with van der Waals surface area (Å²) in [5.74, 6) is -2.71. The van der Waals surface area contributed by atoms with Gasteiger partial charge in [-0.3, -0.25) is 19.2 Å². The zero-order valence-corrected chi connectivity index (χ0v) is 24.8. The predicted octanol–water partition coefficient (Wildman–Crippen LogP) is 0.0798. The van der Waals surface area contributed by atoms with Crippen molar-refractivity contribution in [2.45, 2.75) is 57.3 Å². The van der Waals surface area contributed by atoms with E-state index < -0.39 is 52.8 Å². The standard InChI is InChI=1S/C18H30N4O7.2HI.V/c1-17(2,20-13(24)10(19-5)8-12(23)28-6)15(26)21-18(3,4)16(27)22-9-11(22)14(25)29-7;;;/h10-11,19H,8-9H2,1-7H3,(H,20,24)(H,21,26);2*1H;/q;;;+2/p-2. The molecule has 0 aromatic carbocycles. The van der Waals surface area contributed by atoms with Gasteiger partial charge in [0.05, 0.1) is 33.2 Å². The molecule has 3 amide bonds. The molecule has 0 saturated carbocycles. The topological polar surface area (TPSA) is 143 Å². The van der Waals surface area contributed by atoms with E-state index in [1.54, 1.807) is 0 Å². The van der Waals surface area contributed by atoms with Gasteiger partial charge in [0, 0.05) is 0 Å². The Kier molecular flexibility index (Phi) is 13.6. The Morgan fingerprint density at radius 2 is 1.56 bits per heavy atom. The van der Waals surface area contributed by atoms with Gasteiger partial charge in [-0.05, 0) is 34.7 Å². The number of likely N-dealkylation sites (N-methyl/N-ethyl adjacent to an activating group) is 1. The van der Waals surface area contributed by atoms with Crippen molar-refractivity contribution in [3.05, 3.63) is 0 Å². The van der Waals surface area contributed by atoms with E-state index in [-0.39, 0.29) is 13.0 Å². The van der Waals surface area contributed by atoms with E-state index in [9.17, 15) is 24.0 Å². The summed E-state index contributed by atoms with van der Waals surface area (Å²) in [6.45, 7) is 6.18. The van der Waals surface area contributed by atoms with Gasteiger partial charge in [-0.2, -0.15) is 0 Å². The Bertz CT molecular complexity index is 721. The number of halogens is 2. The van der Waals surface area contributed by atoms with Crippen LogP contribution in [-0.4, -0.2) is 85.5 Å². The number of carbonyl (C=O) groups excluding carboxylic acids is 5. The number of rotatable bonds is 9. The van der Waals surface area contributed by atoms with E-state index >= 15 is 0 Å². The summed E-state index contributed by atoms with van der Waals surface area (Å²) in [5.41, 5.74) is -2.68. The van der Waals surface area contributed by atoms with E-state index in [1.165, 1.54) is 53.9 Å². The normalized spacial score (nSPS) is 15.9. The van der Waals surface area contributed by atoms with Crippen LogP contribution in [0.25, 0.3) is 0 Å². The summed E-state index contributed by atoms with van der Waals surface area (Å²) in [7, 11) is 4.58. The molecule has 2 unspecified atom stereocenters. The van der Waals surface area contributed by atoms with Crippen molar-refractivity contribution in [1.82, 2.24) is 20.9 Å². The number of hydrogen-bond acceptors (Lipinski definition) is 8. The summed E-state index contributed by atoms with van der Waals surface area (Å²) in [6, 6.07) is -1.53. The van der Waals surface area contributed by atoms with Crippen LogP contribution in [0.2, 0.25) is 0 Å². The second kappa shape index (κ2) is 13.9. The van der Waals surface area contributed by atoms with E-state index in [0.717, 1.165) is 0 Å². The van der Waals surface area contributed by atoms with E-state index in [1.807, 2.05) is 0 Å². The molecule has 1 fully saturated rings. The van der Waals surface area contributed by atoms with Gasteiger partial charge >= 0.3 is 61.4 Å². The monoisotopic (exact) mass is 719 g/mol. The van der Waals surface area contributed by atoms with Gasteiger partial charge < -0.3 is 30.3 Å². The average Bonchev–Trinajstić information content (AvgIpc) is 3.51. The average molecular weight is 719 g/mol. The molecule has 1 saturated heterocycles. The maximum atomic E-state index is 12.7. The summed E-state index contributed by atoms with van der Waals surface area (Å²) >= 11 is 4.74. The van der Waals surface area contributed by atoms with Crippen LogP contribution in [0, 0.1) is 0 Å². The minimum atomic E-state index is -1.37. The molecular formula is C18H30I2N4O7V. The Balaban J connectivity index is 0.00000302. The molecular weight excluding hydrogens is 689 g/mol. The van der Waals surface area contributed by atoms with Crippen LogP contribution >= 0.6 is 40.0 Å². The third-order valence-corrected chi connectivity index (χ3v) is 4.57. The van der Waals surface area contributed by atoms with Crippen molar-refractivity contribution in [2.75, 3.05) is 27.8 Å². The Morgan fingerprint density at radius 1 is 1.03 bits per heavy atom. The number of carbonyl (C=O) groups is 5. The van der Waals surface area contributed by atoms with Crippen LogP contribution in [-0.2, 0) is 42.9 Å². The quantitative estimate of drug-likeness (QED) is 0.173. The number of amides is 3. The fourth-order valence-corrected chi connectivity index (χ4v) is 2.58. The third-order valence-electron chi connectivity index (χ3n) is 4.57.